The molecule has 0 fully saturated rings. The Kier molecular flexibility index (Phi) is 6.72. The molecule has 1 aliphatic heterocycles. The van der Waals surface area contributed by atoms with Crippen LogP contribution in [0.4, 0.5) is 0 Å². The molecule has 0 radical (unpaired) electrons. The fraction of sp³-hybridized carbons (Fsp3) is 0. The van der Waals surface area contributed by atoms with Gasteiger partial charge in [0.25, 0.3) is 6.71 Å². The normalized spacial score (nSPS) is 12.2. The van der Waals surface area contributed by atoms with Crippen LogP contribution in [-0.4, -0.2) is 20.4 Å². The van der Waals surface area contributed by atoms with Crippen LogP contribution in [0.3, 0.4) is 0 Å². The van der Waals surface area contributed by atoms with E-state index in [9.17, 15) is 0 Å². The van der Waals surface area contributed by atoms with Gasteiger partial charge in [0.1, 0.15) is 0 Å². The van der Waals surface area contributed by atoms with Crippen LogP contribution >= 0.6 is 0 Å². The summed E-state index contributed by atoms with van der Waals surface area (Å²) in [6.45, 7) is -0.139. The molecule has 11 aromatic rings. The lowest BCUT2D eigenvalue weighted by Crippen LogP contribution is -2.57. The Bertz CT molecular complexity index is 3100. The molecule has 8 aromatic carbocycles. The first kappa shape index (κ1) is 31.1. The molecule has 1 aliphatic rings. The predicted octanol–water partition coefficient (Wildman–Crippen LogP) is 10.8. The summed E-state index contributed by atoms with van der Waals surface area (Å²) in [6.07, 6.45) is 0. The second kappa shape index (κ2) is 12.1. The first-order valence-electron chi connectivity index (χ1n) is 19.4. The molecule has 0 spiro atoms. The molecule has 3 aromatic heterocycles. The molecule has 0 bridgehead atoms. The summed E-state index contributed by atoms with van der Waals surface area (Å²) in [6, 6.07) is 75.8. The molecule has 3 nitrogen and oxygen atoms in total. The van der Waals surface area contributed by atoms with Crippen LogP contribution in [0.1, 0.15) is 0 Å². The summed E-state index contributed by atoms with van der Waals surface area (Å²) in [5.41, 5.74) is 17.2. The Balaban J connectivity index is 1.23. The van der Waals surface area contributed by atoms with Gasteiger partial charge < -0.3 is 13.7 Å². The number of hydrogen-bond donors (Lipinski definition) is 0. The van der Waals surface area contributed by atoms with E-state index in [1.165, 1.54) is 82.5 Å². The van der Waals surface area contributed by atoms with E-state index in [1.807, 2.05) is 0 Å². The molecule has 0 amide bonds. The number of nitrogens with zero attached hydrogens (tertiary/aromatic N) is 3. The van der Waals surface area contributed by atoms with Gasteiger partial charge in [0.2, 0.25) is 0 Å². The molecule has 260 valence electrons. The lowest BCUT2D eigenvalue weighted by molar-refractivity contribution is 1.15. The lowest BCUT2D eigenvalue weighted by atomic mass is 9.39. The Hall–Kier alpha value is -7.30. The van der Waals surface area contributed by atoms with Crippen LogP contribution < -0.4 is 16.6 Å². The van der Waals surface area contributed by atoms with Crippen LogP contribution in [0.5, 0.6) is 0 Å². The van der Waals surface area contributed by atoms with Gasteiger partial charge >= 0.3 is 0 Å². The SMILES string of the molecule is c1ccc(-n2c3c(c4ccccc42)-c2ccccc2-c2c(n(-c4ccccc4)c4ccccc24)B3c2ccc(-n3c4ccccc4c4ccccc43)cc2)cc1. The summed E-state index contributed by atoms with van der Waals surface area (Å²) < 4.78 is 7.49. The van der Waals surface area contributed by atoms with Gasteiger partial charge in [0, 0.05) is 60.9 Å². The van der Waals surface area contributed by atoms with Crippen molar-refractivity contribution in [3.8, 4) is 39.3 Å². The molecule has 0 unspecified atom stereocenters. The molecule has 4 heteroatoms. The Morgan fingerprint density at radius 2 is 0.607 bits per heavy atom. The third kappa shape index (κ3) is 4.35. The smallest absolute Gasteiger partial charge is 0.285 e. The quantitative estimate of drug-likeness (QED) is 0.162. The first-order chi connectivity index (χ1) is 27.8. The minimum atomic E-state index is -0.139. The van der Waals surface area contributed by atoms with Crippen molar-refractivity contribution in [1.29, 1.82) is 0 Å². The van der Waals surface area contributed by atoms with Crippen molar-refractivity contribution in [2.24, 2.45) is 0 Å². The fourth-order valence-electron chi connectivity index (χ4n) is 9.72. The van der Waals surface area contributed by atoms with Gasteiger partial charge in [-0.05, 0) is 71.8 Å². The number of fused-ring (bicyclic) bond motifs is 12. The van der Waals surface area contributed by atoms with E-state index < -0.39 is 0 Å². The second-order valence-corrected chi connectivity index (χ2v) is 14.8. The second-order valence-electron chi connectivity index (χ2n) is 14.8. The third-order valence-corrected chi connectivity index (χ3v) is 11.9. The zero-order chi connectivity index (χ0) is 36.7. The lowest BCUT2D eigenvalue weighted by Gasteiger charge is -2.23. The molecule has 12 rings (SSSR count). The van der Waals surface area contributed by atoms with Gasteiger partial charge in [-0.3, -0.25) is 0 Å². The van der Waals surface area contributed by atoms with Crippen molar-refractivity contribution in [1.82, 2.24) is 13.7 Å². The zero-order valence-electron chi connectivity index (χ0n) is 30.5. The van der Waals surface area contributed by atoms with Gasteiger partial charge in [-0.2, -0.15) is 0 Å². The van der Waals surface area contributed by atoms with E-state index in [2.05, 4.69) is 220 Å². The Morgan fingerprint density at radius 1 is 0.268 bits per heavy atom. The van der Waals surface area contributed by atoms with Gasteiger partial charge in [-0.15, -0.1) is 0 Å². The highest BCUT2D eigenvalue weighted by molar-refractivity contribution is 6.97. The monoisotopic (exact) mass is 711 g/mol. The molecule has 56 heavy (non-hydrogen) atoms. The minimum Gasteiger partial charge on any atom is -0.321 e. The van der Waals surface area contributed by atoms with Crippen molar-refractivity contribution >= 4 is 67.0 Å². The Labute approximate surface area is 325 Å². The minimum absolute atomic E-state index is 0.139. The maximum Gasteiger partial charge on any atom is 0.285 e. The van der Waals surface area contributed by atoms with Crippen LogP contribution in [0, 0.1) is 0 Å². The largest absolute Gasteiger partial charge is 0.321 e. The molecule has 4 heterocycles. The van der Waals surface area contributed by atoms with E-state index in [4.69, 9.17) is 0 Å². The van der Waals surface area contributed by atoms with E-state index in [1.54, 1.807) is 0 Å². The maximum atomic E-state index is 2.54. The topological polar surface area (TPSA) is 14.8 Å². The van der Waals surface area contributed by atoms with Crippen molar-refractivity contribution in [2.45, 2.75) is 0 Å². The van der Waals surface area contributed by atoms with E-state index in [-0.39, 0.29) is 6.71 Å². The highest BCUT2D eigenvalue weighted by Gasteiger charge is 2.40. The zero-order valence-corrected chi connectivity index (χ0v) is 30.5. The number of para-hydroxylation sites is 6. The number of aromatic nitrogens is 3. The van der Waals surface area contributed by atoms with Gasteiger partial charge in [-0.1, -0.05) is 151 Å². The van der Waals surface area contributed by atoms with E-state index in [0.717, 1.165) is 17.1 Å². The molecule has 0 saturated carbocycles. The standard InChI is InChI=1S/C52H34BN3/c1-3-17-36(18-4-1)55-47-29-15-11-25-43(47)49-41-23-7-8-24-42(41)50-44-26-12-16-30-48(44)56(37-19-5-2-6-20-37)52(50)53(51(49)55)35-31-33-38(34-32-35)54-45-27-13-9-21-39(45)40-22-10-14-28-46(40)54/h1-34H. The summed E-state index contributed by atoms with van der Waals surface area (Å²) in [5, 5.41) is 5.04. The number of rotatable bonds is 4. The Morgan fingerprint density at radius 3 is 1.05 bits per heavy atom. The first-order valence-corrected chi connectivity index (χ1v) is 19.4. The molecular weight excluding hydrogens is 677 g/mol. The van der Waals surface area contributed by atoms with Gasteiger partial charge in [0.05, 0.1) is 22.1 Å². The van der Waals surface area contributed by atoms with Crippen molar-refractivity contribution in [3.63, 3.8) is 0 Å². The summed E-state index contributed by atoms with van der Waals surface area (Å²) >= 11 is 0. The van der Waals surface area contributed by atoms with Gasteiger partial charge in [-0.25, -0.2) is 0 Å². The summed E-state index contributed by atoms with van der Waals surface area (Å²) in [5.74, 6) is 0. The fourth-order valence-corrected chi connectivity index (χ4v) is 9.72. The van der Waals surface area contributed by atoms with Crippen molar-refractivity contribution in [2.75, 3.05) is 0 Å². The molecular formula is C52H34BN3. The molecule has 0 N–H and O–H groups in total. The van der Waals surface area contributed by atoms with Crippen molar-refractivity contribution in [3.05, 3.63) is 206 Å². The molecule has 0 saturated heterocycles. The highest BCUT2D eigenvalue weighted by Crippen LogP contribution is 2.43. The third-order valence-electron chi connectivity index (χ3n) is 11.9. The van der Waals surface area contributed by atoms with E-state index in [0.29, 0.717) is 0 Å². The van der Waals surface area contributed by atoms with Crippen LogP contribution in [0.15, 0.2) is 206 Å². The maximum absolute atomic E-state index is 2.54. The highest BCUT2D eigenvalue weighted by atomic mass is 15.0. The van der Waals surface area contributed by atoms with E-state index >= 15 is 0 Å². The average molecular weight is 712 g/mol. The molecule has 0 atom stereocenters. The summed E-state index contributed by atoms with van der Waals surface area (Å²) in [4.78, 5) is 0. The predicted molar refractivity (Wildman–Crippen MR) is 236 cm³/mol. The number of benzene rings is 8. The number of hydrogen-bond acceptors (Lipinski definition) is 0. The summed E-state index contributed by atoms with van der Waals surface area (Å²) in [7, 11) is 0. The average Bonchev–Trinajstić information content (AvgIpc) is 3.88. The van der Waals surface area contributed by atoms with Crippen LogP contribution in [0.25, 0.3) is 82.9 Å². The van der Waals surface area contributed by atoms with Crippen LogP contribution in [-0.2, 0) is 0 Å². The van der Waals surface area contributed by atoms with Crippen LogP contribution in [0.2, 0.25) is 0 Å². The van der Waals surface area contributed by atoms with Gasteiger partial charge in [0.15, 0.2) is 0 Å². The van der Waals surface area contributed by atoms with Crippen molar-refractivity contribution < 1.29 is 0 Å². The molecule has 0 aliphatic carbocycles.